The molecule has 0 bridgehead atoms. The molecule has 114 valence electrons. The quantitative estimate of drug-likeness (QED) is 0.916. The van der Waals surface area contributed by atoms with Gasteiger partial charge >= 0.3 is 0 Å². The minimum Gasteiger partial charge on any atom is -0.493 e. The molecule has 0 radical (unpaired) electrons. The van der Waals surface area contributed by atoms with Crippen molar-refractivity contribution in [2.75, 3.05) is 19.4 Å². The maximum absolute atomic E-state index is 11.7. The summed E-state index contributed by atoms with van der Waals surface area (Å²) in [5.74, 6) is 1.81. The average molecular weight is 309 g/mol. The van der Waals surface area contributed by atoms with Crippen molar-refractivity contribution < 1.29 is 17.6 Å². The van der Waals surface area contributed by atoms with E-state index in [4.69, 9.17) is 9.15 Å². The molecule has 5 nitrogen and oxygen atoms in total. The molecule has 21 heavy (non-hydrogen) atoms. The van der Waals surface area contributed by atoms with Gasteiger partial charge in [0, 0.05) is 11.9 Å². The lowest BCUT2D eigenvalue weighted by Crippen LogP contribution is -2.30. The Balaban J connectivity index is 1.66. The molecule has 1 aliphatic heterocycles. The smallest absolute Gasteiger partial charge is 0.176 e. The molecule has 1 fully saturated rings. The van der Waals surface area contributed by atoms with Gasteiger partial charge in [0.2, 0.25) is 0 Å². The zero-order chi connectivity index (χ0) is 14.9. The molecule has 6 heteroatoms. The van der Waals surface area contributed by atoms with Gasteiger partial charge < -0.3 is 14.5 Å². The second-order valence-corrected chi connectivity index (χ2v) is 7.75. The van der Waals surface area contributed by atoms with Crippen molar-refractivity contribution in [2.24, 2.45) is 0 Å². The highest BCUT2D eigenvalue weighted by atomic mass is 32.2. The fourth-order valence-electron chi connectivity index (χ4n) is 2.78. The zero-order valence-electron chi connectivity index (χ0n) is 12.0. The molecule has 2 heterocycles. The van der Waals surface area contributed by atoms with Gasteiger partial charge in [-0.25, -0.2) is 8.42 Å². The van der Waals surface area contributed by atoms with Crippen molar-refractivity contribution >= 4 is 20.8 Å². The molecule has 0 aliphatic carbocycles. The molecule has 0 spiro atoms. The van der Waals surface area contributed by atoms with Crippen LogP contribution in [0.1, 0.15) is 18.6 Å². The maximum Gasteiger partial charge on any atom is 0.176 e. The van der Waals surface area contributed by atoms with Crippen LogP contribution in [0.5, 0.6) is 5.75 Å². The normalized spacial score (nSPS) is 20.9. The lowest BCUT2D eigenvalue weighted by Gasteiger charge is -2.09. The predicted molar refractivity (Wildman–Crippen MR) is 81.3 cm³/mol. The van der Waals surface area contributed by atoms with Crippen molar-refractivity contribution in [3.63, 3.8) is 0 Å². The van der Waals surface area contributed by atoms with Crippen LogP contribution in [0.3, 0.4) is 0 Å². The Morgan fingerprint density at radius 1 is 1.43 bits per heavy atom. The number of hydrogen-bond donors (Lipinski definition) is 1. The van der Waals surface area contributed by atoms with Crippen LogP contribution in [0.15, 0.2) is 28.7 Å². The van der Waals surface area contributed by atoms with Gasteiger partial charge in [-0.1, -0.05) is 12.1 Å². The Kier molecular flexibility index (Phi) is 3.91. The Morgan fingerprint density at radius 3 is 3.00 bits per heavy atom. The topological polar surface area (TPSA) is 68.5 Å². The third-order valence-electron chi connectivity index (χ3n) is 3.91. The van der Waals surface area contributed by atoms with Crippen LogP contribution in [0.2, 0.25) is 0 Å². The van der Waals surface area contributed by atoms with Gasteiger partial charge in [0.25, 0.3) is 0 Å². The molecule has 1 atom stereocenters. The summed E-state index contributed by atoms with van der Waals surface area (Å²) in [6.45, 7) is 1.00. The summed E-state index contributed by atoms with van der Waals surface area (Å²) in [4.78, 5) is 0. The molecular weight excluding hydrogens is 290 g/mol. The first kappa shape index (κ1) is 14.4. The highest BCUT2D eigenvalue weighted by Crippen LogP contribution is 2.28. The van der Waals surface area contributed by atoms with Crippen LogP contribution in [0.4, 0.5) is 0 Å². The monoisotopic (exact) mass is 309 g/mol. The number of nitrogens with one attached hydrogen (secondary N) is 1. The van der Waals surface area contributed by atoms with Crippen molar-refractivity contribution in [3.8, 4) is 5.75 Å². The van der Waals surface area contributed by atoms with Gasteiger partial charge in [-0.2, -0.15) is 0 Å². The van der Waals surface area contributed by atoms with E-state index in [0.717, 1.165) is 29.6 Å². The molecule has 3 rings (SSSR count). The van der Waals surface area contributed by atoms with Gasteiger partial charge in [-0.15, -0.1) is 0 Å². The van der Waals surface area contributed by atoms with Crippen LogP contribution in [0.25, 0.3) is 11.0 Å². The first-order chi connectivity index (χ1) is 10.1. The first-order valence-electron chi connectivity index (χ1n) is 7.08. The zero-order valence-corrected chi connectivity index (χ0v) is 12.8. The number of hydrogen-bond acceptors (Lipinski definition) is 5. The standard InChI is InChI=1S/C15H19NO4S/c1-19-14-6-2-4-11-8-12(20-15(11)14)9-16-10-13-5-3-7-21(13,17)18/h2,4,6,8,13,16H,3,5,7,9-10H2,1H3. The highest BCUT2D eigenvalue weighted by Gasteiger charge is 2.30. The van der Waals surface area contributed by atoms with E-state index in [0.29, 0.717) is 24.6 Å². The second-order valence-electron chi connectivity index (χ2n) is 5.35. The summed E-state index contributed by atoms with van der Waals surface area (Å²) in [6, 6.07) is 7.69. The van der Waals surface area contributed by atoms with Crippen molar-refractivity contribution in [2.45, 2.75) is 24.6 Å². The number of sulfone groups is 1. The van der Waals surface area contributed by atoms with E-state index in [1.165, 1.54) is 0 Å². The lowest BCUT2D eigenvalue weighted by molar-refractivity contribution is 0.406. The fourth-order valence-corrected chi connectivity index (χ4v) is 4.58. The number of ether oxygens (including phenoxy) is 1. The molecule has 0 amide bonds. The number of fused-ring (bicyclic) bond motifs is 1. The van der Waals surface area contributed by atoms with E-state index >= 15 is 0 Å². The van der Waals surface area contributed by atoms with E-state index in [1.807, 2.05) is 24.3 Å². The van der Waals surface area contributed by atoms with E-state index in [1.54, 1.807) is 7.11 Å². The molecule has 1 aromatic carbocycles. The largest absolute Gasteiger partial charge is 0.493 e. The molecule has 0 saturated carbocycles. The van der Waals surface area contributed by atoms with E-state index < -0.39 is 9.84 Å². The van der Waals surface area contributed by atoms with Crippen LogP contribution >= 0.6 is 0 Å². The van der Waals surface area contributed by atoms with Gasteiger partial charge in [0.05, 0.1) is 24.7 Å². The molecule has 1 saturated heterocycles. The number of methoxy groups -OCH3 is 1. The molecule has 2 aromatic rings. The fraction of sp³-hybridized carbons (Fsp3) is 0.467. The molecule has 1 unspecified atom stereocenters. The van der Waals surface area contributed by atoms with Gasteiger partial charge in [-0.05, 0) is 25.0 Å². The SMILES string of the molecule is COc1cccc2cc(CNCC3CCCS3(=O)=O)oc12. The van der Waals surface area contributed by atoms with E-state index in [-0.39, 0.29) is 5.25 Å². The van der Waals surface area contributed by atoms with Gasteiger partial charge in [0.15, 0.2) is 21.2 Å². The van der Waals surface area contributed by atoms with Crippen molar-refractivity contribution in [1.29, 1.82) is 0 Å². The Labute approximate surface area is 124 Å². The average Bonchev–Trinajstić information content (AvgIpc) is 3.01. The van der Waals surface area contributed by atoms with E-state index in [9.17, 15) is 8.42 Å². The maximum atomic E-state index is 11.7. The summed E-state index contributed by atoms with van der Waals surface area (Å²) < 4.78 is 34.5. The van der Waals surface area contributed by atoms with Crippen LogP contribution in [-0.2, 0) is 16.4 Å². The summed E-state index contributed by atoms with van der Waals surface area (Å²) in [7, 11) is -1.28. The van der Waals surface area contributed by atoms with Gasteiger partial charge in [-0.3, -0.25) is 0 Å². The Morgan fingerprint density at radius 2 is 2.29 bits per heavy atom. The summed E-state index contributed by atoms with van der Waals surface area (Å²) in [5, 5.41) is 3.92. The molecule has 1 N–H and O–H groups in total. The third-order valence-corrected chi connectivity index (χ3v) is 6.19. The number of furan rings is 1. The number of benzene rings is 1. The van der Waals surface area contributed by atoms with Crippen LogP contribution < -0.4 is 10.1 Å². The van der Waals surface area contributed by atoms with E-state index in [2.05, 4.69) is 5.32 Å². The second kappa shape index (κ2) is 5.69. The van der Waals surface area contributed by atoms with Crippen LogP contribution in [-0.4, -0.2) is 33.1 Å². The van der Waals surface area contributed by atoms with Crippen molar-refractivity contribution in [3.05, 3.63) is 30.0 Å². The minimum atomic E-state index is -2.89. The highest BCUT2D eigenvalue weighted by molar-refractivity contribution is 7.92. The summed E-state index contributed by atoms with van der Waals surface area (Å²) in [5.41, 5.74) is 0.727. The lowest BCUT2D eigenvalue weighted by atomic mass is 10.2. The third kappa shape index (κ3) is 2.91. The number of rotatable bonds is 5. The van der Waals surface area contributed by atoms with Gasteiger partial charge in [0.1, 0.15) is 5.76 Å². The first-order valence-corrected chi connectivity index (χ1v) is 8.79. The predicted octanol–water partition coefficient (Wildman–Crippen LogP) is 2.11. The Hall–Kier alpha value is -1.53. The molecule has 1 aliphatic rings. The summed E-state index contributed by atoms with van der Waals surface area (Å²) in [6.07, 6.45) is 1.53. The van der Waals surface area contributed by atoms with Crippen LogP contribution in [0, 0.1) is 0 Å². The number of para-hydroxylation sites is 1. The minimum absolute atomic E-state index is 0.253. The molecule has 1 aromatic heterocycles. The van der Waals surface area contributed by atoms with Crippen molar-refractivity contribution in [1.82, 2.24) is 5.32 Å². The molecular formula is C15H19NO4S. The summed E-state index contributed by atoms with van der Waals surface area (Å²) >= 11 is 0. The Bertz CT molecular complexity index is 735.